The topological polar surface area (TPSA) is 67.2 Å². The van der Waals surface area contributed by atoms with E-state index in [4.69, 9.17) is 15.0 Å². The van der Waals surface area contributed by atoms with Crippen molar-refractivity contribution in [3.63, 3.8) is 0 Å². The van der Waals surface area contributed by atoms with Crippen LogP contribution in [0.15, 0.2) is 5.11 Å². The lowest BCUT2D eigenvalue weighted by Gasteiger charge is -2.29. The minimum absolute atomic E-state index is 0.200. The quantitative estimate of drug-likeness (QED) is 0.368. The predicted octanol–water partition coefficient (Wildman–Crippen LogP) is 1.70. The van der Waals surface area contributed by atoms with E-state index in [0.29, 0.717) is 13.2 Å². The Morgan fingerprint density at radius 1 is 1.50 bits per heavy atom. The van der Waals surface area contributed by atoms with E-state index in [1.807, 2.05) is 13.8 Å². The number of ether oxygens (including phenoxy) is 2. The fraction of sp³-hybridized carbons (Fsp3) is 1.00. The molecule has 0 aromatic rings. The normalized spacial score (nSPS) is 20.9. The smallest absolute Gasteiger partial charge is 0.176 e. The first kappa shape index (κ1) is 9.32. The Balaban J connectivity index is 2.64. The Labute approximate surface area is 71.3 Å². The molecule has 1 aliphatic heterocycles. The maximum absolute atomic E-state index is 8.17. The Hall–Kier alpha value is -0.770. The largest absolute Gasteiger partial charge is 0.347 e. The molecule has 1 rings (SSSR count). The van der Waals surface area contributed by atoms with E-state index in [1.165, 1.54) is 0 Å². The van der Waals surface area contributed by atoms with Gasteiger partial charge in [-0.2, -0.15) is 0 Å². The highest BCUT2D eigenvalue weighted by molar-refractivity contribution is 4.80. The second-order valence-corrected chi connectivity index (χ2v) is 3.05. The summed E-state index contributed by atoms with van der Waals surface area (Å²) < 4.78 is 10.8. The average Bonchev–Trinajstić information content (AvgIpc) is 2.50. The number of nitrogens with zero attached hydrogens (tertiary/aromatic N) is 3. The summed E-state index contributed by atoms with van der Waals surface area (Å²) in [5.74, 6) is -0.475. The summed E-state index contributed by atoms with van der Waals surface area (Å²) in [7, 11) is 0. The van der Waals surface area contributed by atoms with Crippen LogP contribution in [0, 0.1) is 5.92 Å². The Bertz CT molecular complexity index is 193. The van der Waals surface area contributed by atoms with Gasteiger partial charge >= 0.3 is 0 Å². The summed E-state index contributed by atoms with van der Waals surface area (Å²) in [5.41, 5.74) is 8.17. The molecule has 0 unspecified atom stereocenters. The van der Waals surface area contributed by atoms with Crippen LogP contribution in [0.1, 0.15) is 13.8 Å². The van der Waals surface area contributed by atoms with Gasteiger partial charge in [0.05, 0.1) is 19.8 Å². The summed E-state index contributed by atoms with van der Waals surface area (Å²) in [4.78, 5) is 2.69. The summed E-state index contributed by atoms with van der Waals surface area (Å²) in [5, 5.41) is 3.48. The van der Waals surface area contributed by atoms with Crippen molar-refractivity contribution in [1.29, 1.82) is 0 Å². The second kappa shape index (κ2) is 3.76. The van der Waals surface area contributed by atoms with Gasteiger partial charge in [0.25, 0.3) is 0 Å². The molecule has 0 aromatic carbocycles. The third-order valence-corrected chi connectivity index (χ3v) is 2.01. The third kappa shape index (κ3) is 1.69. The highest BCUT2D eigenvalue weighted by Gasteiger charge is 2.39. The SMILES string of the molecule is CC(C)C1(CN=[N+]=[N-])OCCO1. The maximum Gasteiger partial charge on any atom is 0.176 e. The minimum atomic E-state index is -0.674. The van der Waals surface area contributed by atoms with Crippen molar-refractivity contribution in [2.24, 2.45) is 11.0 Å². The van der Waals surface area contributed by atoms with Gasteiger partial charge in [0.2, 0.25) is 0 Å². The molecule has 5 nitrogen and oxygen atoms in total. The molecule has 0 aromatic heterocycles. The summed E-state index contributed by atoms with van der Waals surface area (Å²) in [6.07, 6.45) is 0. The number of hydrogen-bond acceptors (Lipinski definition) is 3. The van der Waals surface area contributed by atoms with Crippen LogP contribution >= 0.6 is 0 Å². The monoisotopic (exact) mass is 171 g/mol. The average molecular weight is 171 g/mol. The van der Waals surface area contributed by atoms with E-state index >= 15 is 0 Å². The van der Waals surface area contributed by atoms with Crippen molar-refractivity contribution >= 4 is 0 Å². The standard InChI is InChI=1S/C7H13N3O2/c1-6(2)7(5-9-10-8)11-3-4-12-7/h6H,3-5H2,1-2H3. The van der Waals surface area contributed by atoms with Crippen LogP contribution in [0.4, 0.5) is 0 Å². The molecule has 0 aliphatic carbocycles. The lowest BCUT2D eigenvalue weighted by atomic mass is 10.0. The summed E-state index contributed by atoms with van der Waals surface area (Å²) >= 11 is 0. The van der Waals surface area contributed by atoms with E-state index < -0.39 is 5.79 Å². The molecule has 0 N–H and O–H groups in total. The fourth-order valence-electron chi connectivity index (χ4n) is 1.21. The predicted molar refractivity (Wildman–Crippen MR) is 43.5 cm³/mol. The lowest BCUT2D eigenvalue weighted by molar-refractivity contribution is -0.179. The molecule has 68 valence electrons. The zero-order valence-electron chi connectivity index (χ0n) is 7.36. The van der Waals surface area contributed by atoms with Crippen LogP contribution in [0.2, 0.25) is 0 Å². The summed E-state index contributed by atoms with van der Waals surface area (Å²) in [6.45, 7) is 5.38. The number of hydrogen-bond donors (Lipinski definition) is 0. The molecule has 0 amide bonds. The molecule has 0 bridgehead atoms. The molecular formula is C7H13N3O2. The molecular weight excluding hydrogens is 158 g/mol. The van der Waals surface area contributed by atoms with Gasteiger partial charge in [-0.15, -0.1) is 0 Å². The van der Waals surface area contributed by atoms with E-state index in [1.54, 1.807) is 0 Å². The zero-order chi connectivity index (χ0) is 9.03. The van der Waals surface area contributed by atoms with Crippen LogP contribution in [0.3, 0.4) is 0 Å². The Morgan fingerprint density at radius 3 is 2.50 bits per heavy atom. The Kier molecular flexibility index (Phi) is 2.92. The molecule has 0 radical (unpaired) electrons. The van der Waals surface area contributed by atoms with E-state index in [9.17, 15) is 0 Å². The van der Waals surface area contributed by atoms with E-state index in [0.717, 1.165) is 0 Å². The van der Waals surface area contributed by atoms with Gasteiger partial charge in [-0.1, -0.05) is 19.0 Å². The molecule has 0 atom stereocenters. The van der Waals surface area contributed by atoms with E-state index in [2.05, 4.69) is 10.0 Å². The first-order chi connectivity index (χ1) is 5.71. The van der Waals surface area contributed by atoms with Gasteiger partial charge < -0.3 is 9.47 Å². The van der Waals surface area contributed by atoms with Gasteiger partial charge in [-0.05, 0) is 5.53 Å². The van der Waals surface area contributed by atoms with Crippen molar-refractivity contribution < 1.29 is 9.47 Å². The molecule has 0 spiro atoms. The van der Waals surface area contributed by atoms with Gasteiger partial charge in [0.1, 0.15) is 0 Å². The van der Waals surface area contributed by atoms with Crippen LogP contribution in [0.5, 0.6) is 0 Å². The first-order valence-electron chi connectivity index (χ1n) is 4.00. The molecule has 5 heteroatoms. The highest BCUT2D eigenvalue weighted by Crippen LogP contribution is 2.28. The van der Waals surface area contributed by atoms with Crippen molar-refractivity contribution in [1.82, 2.24) is 0 Å². The second-order valence-electron chi connectivity index (χ2n) is 3.05. The molecule has 1 heterocycles. The Morgan fingerprint density at radius 2 is 2.08 bits per heavy atom. The van der Waals surface area contributed by atoms with Gasteiger partial charge in [0, 0.05) is 10.8 Å². The van der Waals surface area contributed by atoms with Gasteiger partial charge in [-0.25, -0.2) is 0 Å². The minimum Gasteiger partial charge on any atom is -0.347 e. The van der Waals surface area contributed by atoms with Crippen LogP contribution in [0.25, 0.3) is 10.4 Å². The highest BCUT2D eigenvalue weighted by atomic mass is 16.7. The zero-order valence-corrected chi connectivity index (χ0v) is 7.36. The fourth-order valence-corrected chi connectivity index (χ4v) is 1.21. The van der Waals surface area contributed by atoms with Gasteiger partial charge in [0.15, 0.2) is 5.79 Å². The summed E-state index contributed by atoms with van der Waals surface area (Å²) in [6, 6.07) is 0. The first-order valence-corrected chi connectivity index (χ1v) is 4.00. The molecule has 1 aliphatic rings. The van der Waals surface area contributed by atoms with Crippen molar-refractivity contribution in [3.8, 4) is 0 Å². The molecule has 1 fully saturated rings. The van der Waals surface area contributed by atoms with Crippen molar-refractivity contribution in [2.75, 3.05) is 19.8 Å². The van der Waals surface area contributed by atoms with Crippen molar-refractivity contribution in [2.45, 2.75) is 19.6 Å². The maximum atomic E-state index is 8.17. The molecule has 0 saturated carbocycles. The van der Waals surface area contributed by atoms with E-state index in [-0.39, 0.29) is 12.5 Å². The lowest BCUT2D eigenvalue weighted by Crippen LogP contribution is -2.39. The third-order valence-electron chi connectivity index (χ3n) is 2.01. The molecule has 12 heavy (non-hydrogen) atoms. The van der Waals surface area contributed by atoms with Crippen LogP contribution < -0.4 is 0 Å². The van der Waals surface area contributed by atoms with Crippen molar-refractivity contribution in [3.05, 3.63) is 10.4 Å². The van der Waals surface area contributed by atoms with Crippen LogP contribution in [-0.4, -0.2) is 25.5 Å². The molecule has 1 saturated heterocycles. The number of rotatable bonds is 3. The van der Waals surface area contributed by atoms with Gasteiger partial charge in [-0.3, -0.25) is 0 Å². The van der Waals surface area contributed by atoms with Crippen LogP contribution in [-0.2, 0) is 9.47 Å². The number of azide groups is 1.